The van der Waals surface area contributed by atoms with E-state index in [9.17, 15) is 5.11 Å². The molecule has 1 N–H and O–H groups in total. The molecular formula is C22H34O. The molecule has 23 heavy (non-hydrogen) atoms. The number of rotatable bonds is 1. The van der Waals surface area contributed by atoms with Gasteiger partial charge in [-0.25, -0.2) is 0 Å². The van der Waals surface area contributed by atoms with Gasteiger partial charge in [0.2, 0.25) is 0 Å². The number of allylic oxidation sites excluding steroid dienone is 2. The molecule has 0 aromatic carbocycles. The summed E-state index contributed by atoms with van der Waals surface area (Å²) in [6.45, 7) is 10.0. The Bertz CT molecular complexity index is 546. The van der Waals surface area contributed by atoms with Crippen LogP contribution >= 0.6 is 0 Å². The van der Waals surface area contributed by atoms with Gasteiger partial charge in [0.05, 0.1) is 6.10 Å². The third-order valence-electron chi connectivity index (χ3n) is 8.69. The van der Waals surface area contributed by atoms with Crippen LogP contribution < -0.4 is 0 Å². The van der Waals surface area contributed by atoms with E-state index >= 15 is 0 Å². The van der Waals surface area contributed by atoms with Crippen LogP contribution in [0.4, 0.5) is 0 Å². The van der Waals surface area contributed by atoms with E-state index in [2.05, 4.69) is 39.8 Å². The Labute approximate surface area is 142 Å². The Morgan fingerprint density at radius 1 is 1.22 bits per heavy atom. The second-order valence-electron chi connectivity index (χ2n) is 9.51. The van der Waals surface area contributed by atoms with Gasteiger partial charge in [0.15, 0.2) is 0 Å². The molecule has 0 amide bonds. The van der Waals surface area contributed by atoms with Crippen molar-refractivity contribution < 1.29 is 5.11 Å². The summed E-state index contributed by atoms with van der Waals surface area (Å²) in [5.41, 5.74) is 2.33. The second kappa shape index (κ2) is 5.22. The van der Waals surface area contributed by atoms with E-state index in [0.29, 0.717) is 5.41 Å². The SMILES string of the molecule is CC[C@H]1[C@@H](C)C[C@H]2[C@@H]3CCC4=CC(O)C=C[C@]4(C)[C@H]3CC[C@@]21C. The molecule has 0 saturated heterocycles. The minimum Gasteiger partial charge on any atom is -0.385 e. The van der Waals surface area contributed by atoms with Crippen LogP contribution in [0.15, 0.2) is 23.8 Å². The van der Waals surface area contributed by atoms with Crippen molar-refractivity contribution in [1.29, 1.82) is 0 Å². The van der Waals surface area contributed by atoms with Crippen molar-refractivity contribution >= 4 is 0 Å². The van der Waals surface area contributed by atoms with Crippen LogP contribution in [0.5, 0.6) is 0 Å². The molecule has 0 aromatic heterocycles. The van der Waals surface area contributed by atoms with E-state index < -0.39 is 0 Å². The van der Waals surface area contributed by atoms with Gasteiger partial charge in [0, 0.05) is 5.41 Å². The highest BCUT2D eigenvalue weighted by atomic mass is 16.3. The van der Waals surface area contributed by atoms with Crippen molar-refractivity contribution in [3.8, 4) is 0 Å². The molecule has 128 valence electrons. The van der Waals surface area contributed by atoms with Crippen LogP contribution in [0.25, 0.3) is 0 Å². The summed E-state index contributed by atoms with van der Waals surface area (Å²) < 4.78 is 0. The molecule has 0 heterocycles. The van der Waals surface area contributed by atoms with Crippen molar-refractivity contribution in [2.24, 2.45) is 40.4 Å². The number of aliphatic hydroxyl groups excluding tert-OH is 1. The monoisotopic (exact) mass is 314 g/mol. The molecule has 1 nitrogen and oxygen atoms in total. The predicted octanol–water partition coefficient (Wildman–Crippen LogP) is 5.36. The van der Waals surface area contributed by atoms with Crippen molar-refractivity contribution in [1.82, 2.24) is 0 Å². The summed E-state index contributed by atoms with van der Waals surface area (Å²) in [6.07, 6.45) is 14.4. The molecule has 0 aromatic rings. The summed E-state index contributed by atoms with van der Waals surface area (Å²) in [5.74, 6) is 4.46. The zero-order valence-electron chi connectivity index (χ0n) is 15.4. The van der Waals surface area contributed by atoms with Gasteiger partial charge in [-0.2, -0.15) is 0 Å². The van der Waals surface area contributed by atoms with E-state index in [1.807, 2.05) is 6.08 Å². The van der Waals surface area contributed by atoms with Gasteiger partial charge in [-0.1, -0.05) is 57.9 Å². The molecule has 4 aliphatic carbocycles. The third kappa shape index (κ3) is 2.08. The lowest BCUT2D eigenvalue weighted by Gasteiger charge is -2.57. The van der Waals surface area contributed by atoms with Crippen molar-refractivity contribution in [2.45, 2.75) is 72.3 Å². The van der Waals surface area contributed by atoms with E-state index in [4.69, 9.17) is 0 Å². The van der Waals surface area contributed by atoms with Gasteiger partial charge in [0.25, 0.3) is 0 Å². The van der Waals surface area contributed by atoms with E-state index in [0.717, 1.165) is 29.6 Å². The molecule has 4 aliphatic rings. The van der Waals surface area contributed by atoms with Crippen LogP contribution in [-0.4, -0.2) is 11.2 Å². The normalized spacial score (nSPS) is 54.9. The molecule has 0 bridgehead atoms. The largest absolute Gasteiger partial charge is 0.385 e. The molecule has 0 spiro atoms. The smallest absolute Gasteiger partial charge is 0.0905 e. The minimum atomic E-state index is -0.348. The fourth-order valence-corrected chi connectivity index (χ4v) is 7.65. The third-order valence-corrected chi connectivity index (χ3v) is 8.69. The summed E-state index contributed by atoms with van der Waals surface area (Å²) >= 11 is 0. The average Bonchev–Trinajstić information content (AvgIpc) is 2.77. The average molecular weight is 315 g/mol. The van der Waals surface area contributed by atoms with Crippen molar-refractivity contribution in [3.05, 3.63) is 23.8 Å². The molecule has 1 unspecified atom stereocenters. The molecule has 0 radical (unpaired) electrons. The van der Waals surface area contributed by atoms with Crippen molar-refractivity contribution in [3.63, 3.8) is 0 Å². The van der Waals surface area contributed by atoms with Gasteiger partial charge in [-0.15, -0.1) is 0 Å². The molecule has 8 atom stereocenters. The molecule has 0 aliphatic heterocycles. The predicted molar refractivity (Wildman–Crippen MR) is 95.9 cm³/mol. The van der Waals surface area contributed by atoms with Gasteiger partial charge in [-0.05, 0) is 67.1 Å². The topological polar surface area (TPSA) is 20.2 Å². The summed E-state index contributed by atoms with van der Waals surface area (Å²) in [5, 5.41) is 9.99. The standard InChI is InChI=1S/C22H34O/c1-5-18-14(2)12-20-17-7-6-15-13-16(23)8-10-21(15,3)19(17)9-11-22(18,20)4/h8,10,13-14,16-20,23H,5-7,9,11-12H2,1-4H3/t14-,16?,17+,18-,19-,20-,21-,22+/m0/s1. The first-order valence-electron chi connectivity index (χ1n) is 9.98. The first kappa shape index (κ1) is 15.9. The van der Waals surface area contributed by atoms with E-state index in [1.165, 1.54) is 44.1 Å². The minimum absolute atomic E-state index is 0.219. The lowest BCUT2D eigenvalue weighted by Crippen LogP contribution is -2.49. The highest BCUT2D eigenvalue weighted by Crippen LogP contribution is 2.67. The lowest BCUT2D eigenvalue weighted by molar-refractivity contribution is -0.0357. The molecule has 3 saturated carbocycles. The maximum absolute atomic E-state index is 9.99. The van der Waals surface area contributed by atoms with Gasteiger partial charge in [0.1, 0.15) is 0 Å². The Kier molecular flexibility index (Phi) is 3.61. The van der Waals surface area contributed by atoms with Gasteiger partial charge in [-0.3, -0.25) is 0 Å². The molecular weight excluding hydrogens is 280 g/mol. The quantitative estimate of drug-likeness (QED) is 0.646. The first-order valence-corrected chi connectivity index (χ1v) is 9.98. The fraction of sp³-hybridized carbons (Fsp3) is 0.818. The Morgan fingerprint density at radius 2 is 2.00 bits per heavy atom. The first-order chi connectivity index (χ1) is 10.9. The Balaban J connectivity index is 1.68. The maximum atomic E-state index is 9.99. The molecule has 1 heteroatoms. The Hall–Kier alpha value is -0.560. The summed E-state index contributed by atoms with van der Waals surface area (Å²) in [4.78, 5) is 0. The van der Waals surface area contributed by atoms with E-state index in [-0.39, 0.29) is 11.5 Å². The van der Waals surface area contributed by atoms with Crippen LogP contribution in [0.3, 0.4) is 0 Å². The molecule has 3 fully saturated rings. The zero-order valence-corrected chi connectivity index (χ0v) is 15.4. The van der Waals surface area contributed by atoms with Crippen LogP contribution in [0.1, 0.15) is 66.2 Å². The molecule has 4 rings (SSSR count). The maximum Gasteiger partial charge on any atom is 0.0905 e. The van der Waals surface area contributed by atoms with Crippen LogP contribution in [-0.2, 0) is 0 Å². The zero-order chi connectivity index (χ0) is 16.4. The number of hydrogen-bond acceptors (Lipinski definition) is 1. The fourth-order valence-electron chi connectivity index (χ4n) is 7.65. The van der Waals surface area contributed by atoms with Crippen LogP contribution in [0.2, 0.25) is 0 Å². The van der Waals surface area contributed by atoms with Gasteiger partial charge < -0.3 is 5.11 Å². The summed E-state index contributed by atoms with van der Waals surface area (Å²) in [7, 11) is 0. The number of fused-ring (bicyclic) bond motifs is 5. The highest BCUT2D eigenvalue weighted by molar-refractivity contribution is 5.33. The summed E-state index contributed by atoms with van der Waals surface area (Å²) in [6, 6.07) is 0. The van der Waals surface area contributed by atoms with Gasteiger partial charge >= 0.3 is 0 Å². The highest BCUT2D eigenvalue weighted by Gasteiger charge is 2.59. The number of hydrogen-bond donors (Lipinski definition) is 1. The van der Waals surface area contributed by atoms with E-state index in [1.54, 1.807) is 0 Å². The lowest BCUT2D eigenvalue weighted by atomic mass is 9.47. The Morgan fingerprint density at radius 3 is 2.74 bits per heavy atom. The van der Waals surface area contributed by atoms with Crippen LogP contribution in [0, 0.1) is 40.4 Å². The second-order valence-corrected chi connectivity index (χ2v) is 9.51. The van der Waals surface area contributed by atoms with Crippen molar-refractivity contribution in [2.75, 3.05) is 0 Å². The number of aliphatic hydroxyl groups is 1.